The Morgan fingerprint density at radius 2 is 2.15 bits per heavy atom. The van der Waals surface area contributed by atoms with Crippen molar-refractivity contribution in [2.75, 3.05) is 13.1 Å². The number of aromatic nitrogens is 2. The molecular weight excluding hydrogens is 250 g/mol. The summed E-state index contributed by atoms with van der Waals surface area (Å²) in [6, 6.07) is 3.97. The molecule has 1 saturated heterocycles. The third-order valence-corrected chi connectivity index (χ3v) is 4.29. The lowest BCUT2D eigenvalue weighted by Gasteiger charge is -2.30. The molecule has 1 fully saturated rings. The van der Waals surface area contributed by atoms with E-state index in [9.17, 15) is 4.79 Å². The fourth-order valence-electron chi connectivity index (χ4n) is 2.97. The van der Waals surface area contributed by atoms with Gasteiger partial charge in [0.25, 0.3) is 0 Å². The highest BCUT2D eigenvalue weighted by Gasteiger charge is 2.21. The normalized spacial score (nSPS) is 16.8. The molecule has 2 aromatic rings. The largest absolute Gasteiger partial charge is 0.342 e. The quantitative estimate of drug-likeness (QED) is 0.841. The molecule has 0 aromatic carbocycles. The van der Waals surface area contributed by atoms with Crippen LogP contribution in [0.4, 0.5) is 0 Å². The molecular formula is C16H21N3O. The topological polar surface area (TPSA) is 38.1 Å². The maximum atomic E-state index is 12.4. The van der Waals surface area contributed by atoms with Crippen LogP contribution in [0.5, 0.6) is 0 Å². The molecule has 0 saturated carbocycles. The van der Waals surface area contributed by atoms with E-state index >= 15 is 0 Å². The molecule has 1 aliphatic heterocycles. The number of piperidine rings is 1. The number of fused-ring (bicyclic) bond motifs is 1. The summed E-state index contributed by atoms with van der Waals surface area (Å²) in [6.07, 6.45) is 6.56. The molecule has 3 rings (SSSR count). The van der Waals surface area contributed by atoms with Gasteiger partial charge in [-0.15, -0.1) is 0 Å². The van der Waals surface area contributed by atoms with E-state index in [1.165, 1.54) is 0 Å². The lowest BCUT2D eigenvalue weighted by Crippen LogP contribution is -2.38. The standard InChI is InChI=1S/C16H21N3O/c1-12-5-8-19(9-6-12)15(20)10-13-11-18(2)16-14(13)4-3-7-17-16/h3-4,7,11-12H,5-6,8-10H2,1-2H3. The first-order valence-corrected chi connectivity index (χ1v) is 7.32. The van der Waals surface area contributed by atoms with E-state index in [0.717, 1.165) is 48.4 Å². The third-order valence-electron chi connectivity index (χ3n) is 4.29. The van der Waals surface area contributed by atoms with Gasteiger partial charge in [0, 0.05) is 37.9 Å². The number of rotatable bonds is 2. The maximum Gasteiger partial charge on any atom is 0.227 e. The molecule has 106 valence electrons. The fraction of sp³-hybridized carbons (Fsp3) is 0.500. The third kappa shape index (κ3) is 2.42. The van der Waals surface area contributed by atoms with Gasteiger partial charge in [0.2, 0.25) is 5.91 Å². The molecule has 20 heavy (non-hydrogen) atoms. The van der Waals surface area contributed by atoms with Crippen LogP contribution in [0.3, 0.4) is 0 Å². The van der Waals surface area contributed by atoms with Crippen LogP contribution in [0, 0.1) is 5.92 Å². The molecule has 0 radical (unpaired) electrons. The number of aryl methyl sites for hydroxylation is 1. The molecule has 1 amide bonds. The van der Waals surface area contributed by atoms with Gasteiger partial charge in [0.05, 0.1) is 6.42 Å². The van der Waals surface area contributed by atoms with Crippen LogP contribution in [0.15, 0.2) is 24.5 Å². The highest BCUT2D eigenvalue weighted by Crippen LogP contribution is 2.21. The minimum atomic E-state index is 0.244. The monoisotopic (exact) mass is 271 g/mol. The summed E-state index contributed by atoms with van der Waals surface area (Å²) in [5.74, 6) is 0.994. The van der Waals surface area contributed by atoms with Crippen molar-refractivity contribution in [1.29, 1.82) is 0 Å². The predicted octanol–water partition coefficient (Wildman–Crippen LogP) is 2.37. The molecule has 2 aromatic heterocycles. The lowest BCUT2D eigenvalue weighted by molar-refractivity contribution is -0.131. The van der Waals surface area contributed by atoms with E-state index in [1.54, 1.807) is 6.20 Å². The van der Waals surface area contributed by atoms with Gasteiger partial charge >= 0.3 is 0 Å². The zero-order valence-electron chi connectivity index (χ0n) is 12.2. The van der Waals surface area contributed by atoms with Crippen molar-refractivity contribution in [1.82, 2.24) is 14.5 Å². The van der Waals surface area contributed by atoms with Crippen LogP contribution in [-0.4, -0.2) is 33.4 Å². The number of amides is 1. The second kappa shape index (κ2) is 5.27. The molecule has 0 N–H and O–H groups in total. The first-order chi connectivity index (χ1) is 9.65. The average molecular weight is 271 g/mol. The van der Waals surface area contributed by atoms with Crippen LogP contribution in [0.1, 0.15) is 25.3 Å². The Morgan fingerprint density at radius 3 is 2.90 bits per heavy atom. The fourth-order valence-corrected chi connectivity index (χ4v) is 2.97. The number of carbonyl (C=O) groups excluding carboxylic acids is 1. The van der Waals surface area contributed by atoms with E-state index in [0.29, 0.717) is 6.42 Å². The van der Waals surface area contributed by atoms with Crippen molar-refractivity contribution in [2.24, 2.45) is 13.0 Å². The van der Waals surface area contributed by atoms with Crippen LogP contribution in [-0.2, 0) is 18.3 Å². The van der Waals surface area contributed by atoms with E-state index < -0.39 is 0 Å². The van der Waals surface area contributed by atoms with Crippen molar-refractivity contribution < 1.29 is 4.79 Å². The summed E-state index contributed by atoms with van der Waals surface area (Å²) in [5.41, 5.74) is 2.03. The summed E-state index contributed by atoms with van der Waals surface area (Å²) < 4.78 is 2.00. The predicted molar refractivity (Wildman–Crippen MR) is 79.4 cm³/mol. The van der Waals surface area contributed by atoms with Crippen molar-refractivity contribution in [3.05, 3.63) is 30.1 Å². The summed E-state index contributed by atoms with van der Waals surface area (Å²) in [5, 5.41) is 1.09. The number of pyridine rings is 1. The van der Waals surface area contributed by atoms with E-state index in [-0.39, 0.29) is 5.91 Å². The summed E-state index contributed by atoms with van der Waals surface area (Å²) in [6.45, 7) is 4.07. The number of carbonyl (C=O) groups is 1. The van der Waals surface area contributed by atoms with Crippen molar-refractivity contribution in [3.63, 3.8) is 0 Å². The number of nitrogens with zero attached hydrogens (tertiary/aromatic N) is 3. The average Bonchev–Trinajstić information content (AvgIpc) is 2.77. The zero-order valence-corrected chi connectivity index (χ0v) is 12.2. The summed E-state index contributed by atoms with van der Waals surface area (Å²) in [7, 11) is 1.98. The second-order valence-electron chi connectivity index (χ2n) is 5.88. The molecule has 4 nitrogen and oxygen atoms in total. The first kappa shape index (κ1) is 13.2. The molecule has 0 aliphatic carbocycles. The maximum absolute atomic E-state index is 12.4. The van der Waals surface area contributed by atoms with Gasteiger partial charge < -0.3 is 9.47 Å². The molecule has 1 aliphatic rings. The number of likely N-dealkylation sites (tertiary alicyclic amines) is 1. The molecule has 3 heterocycles. The van der Waals surface area contributed by atoms with Crippen LogP contribution in [0.25, 0.3) is 11.0 Å². The number of hydrogen-bond donors (Lipinski definition) is 0. The smallest absolute Gasteiger partial charge is 0.227 e. The Labute approximate surface area is 119 Å². The van der Waals surface area contributed by atoms with E-state index in [1.807, 2.05) is 34.8 Å². The van der Waals surface area contributed by atoms with E-state index in [4.69, 9.17) is 0 Å². The summed E-state index contributed by atoms with van der Waals surface area (Å²) >= 11 is 0. The van der Waals surface area contributed by atoms with Crippen molar-refractivity contribution >= 4 is 16.9 Å². The van der Waals surface area contributed by atoms with Gasteiger partial charge in [0.15, 0.2) is 0 Å². The van der Waals surface area contributed by atoms with Gasteiger partial charge in [-0.3, -0.25) is 4.79 Å². The number of hydrogen-bond acceptors (Lipinski definition) is 2. The first-order valence-electron chi connectivity index (χ1n) is 7.32. The summed E-state index contributed by atoms with van der Waals surface area (Å²) in [4.78, 5) is 18.8. The molecule has 0 bridgehead atoms. The van der Waals surface area contributed by atoms with Crippen LogP contribution < -0.4 is 0 Å². The van der Waals surface area contributed by atoms with Crippen LogP contribution >= 0.6 is 0 Å². The zero-order chi connectivity index (χ0) is 14.1. The Morgan fingerprint density at radius 1 is 1.40 bits per heavy atom. The lowest BCUT2D eigenvalue weighted by atomic mass is 9.98. The molecule has 0 atom stereocenters. The second-order valence-corrected chi connectivity index (χ2v) is 5.88. The van der Waals surface area contributed by atoms with Crippen molar-refractivity contribution in [3.8, 4) is 0 Å². The van der Waals surface area contributed by atoms with Gasteiger partial charge in [-0.05, 0) is 36.5 Å². The van der Waals surface area contributed by atoms with E-state index in [2.05, 4.69) is 11.9 Å². The minimum Gasteiger partial charge on any atom is -0.342 e. The molecule has 4 heteroatoms. The molecule has 0 spiro atoms. The molecule has 0 unspecified atom stereocenters. The Balaban J connectivity index is 1.78. The van der Waals surface area contributed by atoms with Crippen LogP contribution in [0.2, 0.25) is 0 Å². The SMILES string of the molecule is CC1CCN(C(=O)Cc2cn(C)c3ncccc23)CC1. The minimum absolute atomic E-state index is 0.244. The Hall–Kier alpha value is -1.84. The highest BCUT2D eigenvalue weighted by atomic mass is 16.2. The van der Waals surface area contributed by atoms with Gasteiger partial charge in [-0.1, -0.05) is 6.92 Å². The Bertz CT molecular complexity index is 624. The van der Waals surface area contributed by atoms with Gasteiger partial charge in [-0.25, -0.2) is 4.98 Å². The van der Waals surface area contributed by atoms with Crippen molar-refractivity contribution in [2.45, 2.75) is 26.2 Å². The van der Waals surface area contributed by atoms with Gasteiger partial charge in [0.1, 0.15) is 5.65 Å². The Kier molecular flexibility index (Phi) is 3.47. The highest BCUT2D eigenvalue weighted by molar-refractivity contribution is 5.87. The van der Waals surface area contributed by atoms with Gasteiger partial charge in [-0.2, -0.15) is 0 Å².